The molecule has 0 heterocycles. The number of nitrogens with two attached hydrogens (primary N) is 1. The fourth-order valence-electron chi connectivity index (χ4n) is 1.58. The van der Waals surface area contributed by atoms with Crippen molar-refractivity contribution in [1.29, 1.82) is 0 Å². The van der Waals surface area contributed by atoms with Crippen LogP contribution in [-0.4, -0.2) is 27.9 Å². The van der Waals surface area contributed by atoms with E-state index in [2.05, 4.69) is 0 Å². The molecule has 18 heavy (non-hydrogen) atoms. The van der Waals surface area contributed by atoms with E-state index in [1.54, 1.807) is 27.2 Å². The van der Waals surface area contributed by atoms with Crippen LogP contribution in [0.25, 0.3) is 0 Å². The van der Waals surface area contributed by atoms with Gasteiger partial charge in [0.25, 0.3) is 0 Å². The minimum atomic E-state index is -3.47. The molecule has 0 saturated carbocycles. The van der Waals surface area contributed by atoms with Crippen molar-refractivity contribution in [2.45, 2.75) is 25.0 Å². The molecule has 0 aliphatic carbocycles. The van der Waals surface area contributed by atoms with Gasteiger partial charge in [-0.15, -0.1) is 0 Å². The van der Waals surface area contributed by atoms with Gasteiger partial charge in [-0.2, -0.15) is 0 Å². The van der Waals surface area contributed by atoms with Crippen LogP contribution in [0.2, 0.25) is 0 Å². The molecular weight excluding hydrogens is 254 g/mol. The molecule has 1 unspecified atom stereocenters. The number of benzene rings is 1. The normalized spacial score (nSPS) is 13.1. The molecule has 0 spiro atoms. The number of ether oxygens (including phenoxy) is 2. The number of sulfonamides is 1. The molecule has 0 aliphatic heterocycles. The van der Waals surface area contributed by atoms with Crippen LogP contribution in [0.4, 0.5) is 0 Å². The van der Waals surface area contributed by atoms with Crippen LogP contribution in [0.15, 0.2) is 18.2 Å². The van der Waals surface area contributed by atoms with Gasteiger partial charge in [0.05, 0.1) is 19.5 Å². The monoisotopic (exact) mass is 273 g/mol. The van der Waals surface area contributed by atoms with Crippen LogP contribution in [-0.2, 0) is 16.4 Å². The summed E-state index contributed by atoms with van der Waals surface area (Å²) in [4.78, 5) is 0. The summed E-state index contributed by atoms with van der Waals surface area (Å²) in [5, 5.41) is 4.51. The minimum Gasteiger partial charge on any atom is -0.497 e. The second-order valence-electron chi connectivity index (χ2n) is 4.12. The number of methoxy groups -OCH3 is 2. The Morgan fingerprint density at radius 1 is 1.28 bits per heavy atom. The first kappa shape index (κ1) is 14.8. The molecule has 0 aliphatic rings. The molecule has 0 aromatic heterocycles. The molecule has 1 rings (SSSR count). The number of aryl methyl sites for hydroxylation is 1. The third kappa shape index (κ3) is 3.89. The van der Waals surface area contributed by atoms with Gasteiger partial charge in [0, 0.05) is 6.07 Å². The van der Waals surface area contributed by atoms with Gasteiger partial charge in [-0.1, -0.05) is 6.07 Å². The Kier molecular flexibility index (Phi) is 4.98. The predicted octanol–water partition coefficient (Wildman–Crippen LogP) is 1.31. The van der Waals surface area contributed by atoms with Crippen LogP contribution in [0.1, 0.15) is 18.9 Å². The number of hydrogen-bond donors (Lipinski definition) is 1. The Morgan fingerprint density at radius 2 is 1.94 bits per heavy atom. The summed E-state index contributed by atoms with van der Waals surface area (Å²) in [6.07, 6.45) is 1.05. The van der Waals surface area contributed by atoms with Crippen LogP contribution >= 0.6 is 0 Å². The van der Waals surface area contributed by atoms with Gasteiger partial charge in [0.15, 0.2) is 0 Å². The number of hydrogen-bond acceptors (Lipinski definition) is 4. The fourth-order valence-corrected chi connectivity index (χ4v) is 2.03. The number of primary sulfonamides is 1. The molecule has 0 saturated heterocycles. The molecule has 2 N–H and O–H groups in total. The van der Waals surface area contributed by atoms with E-state index in [0.717, 1.165) is 5.56 Å². The van der Waals surface area contributed by atoms with E-state index in [9.17, 15) is 8.42 Å². The number of rotatable bonds is 6. The maximum absolute atomic E-state index is 11.1. The largest absolute Gasteiger partial charge is 0.497 e. The van der Waals surface area contributed by atoms with E-state index in [1.807, 2.05) is 12.1 Å². The quantitative estimate of drug-likeness (QED) is 0.847. The second-order valence-corrected chi connectivity index (χ2v) is 6.10. The maximum Gasteiger partial charge on any atom is 0.211 e. The van der Waals surface area contributed by atoms with Crippen molar-refractivity contribution in [2.24, 2.45) is 5.14 Å². The standard InChI is InChI=1S/C12H19NO4S/c1-9(18(13,14)15)4-5-10-6-7-11(16-2)8-12(10)17-3/h6-9H,4-5H2,1-3H3,(H2,13,14,15). The van der Waals surface area contributed by atoms with Gasteiger partial charge in [-0.05, 0) is 31.4 Å². The highest BCUT2D eigenvalue weighted by Crippen LogP contribution is 2.26. The van der Waals surface area contributed by atoms with Gasteiger partial charge < -0.3 is 9.47 Å². The topological polar surface area (TPSA) is 78.6 Å². The molecule has 6 heteroatoms. The third-order valence-corrected chi connectivity index (χ3v) is 4.23. The zero-order valence-electron chi connectivity index (χ0n) is 10.8. The van der Waals surface area contributed by atoms with E-state index in [1.165, 1.54) is 0 Å². The predicted molar refractivity (Wildman–Crippen MR) is 70.4 cm³/mol. The Morgan fingerprint density at radius 3 is 2.44 bits per heavy atom. The van der Waals surface area contributed by atoms with E-state index < -0.39 is 15.3 Å². The van der Waals surface area contributed by atoms with Gasteiger partial charge in [0.1, 0.15) is 11.5 Å². The van der Waals surface area contributed by atoms with Crippen LogP contribution in [0, 0.1) is 0 Å². The fraction of sp³-hybridized carbons (Fsp3) is 0.500. The lowest BCUT2D eigenvalue weighted by molar-refractivity contribution is 0.390. The van der Waals surface area contributed by atoms with Gasteiger partial charge in [-0.25, -0.2) is 13.6 Å². The highest BCUT2D eigenvalue weighted by molar-refractivity contribution is 7.89. The van der Waals surface area contributed by atoms with Crippen molar-refractivity contribution in [2.75, 3.05) is 14.2 Å². The smallest absolute Gasteiger partial charge is 0.211 e. The second kappa shape index (κ2) is 6.06. The van der Waals surface area contributed by atoms with E-state index in [4.69, 9.17) is 14.6 Å². The summed E-state index contributed by atoms with van der Waals surface area (Å²) in [7, 11) is -0.319. The first-order chi connectivity index (χ1) is 8.38. The van der Waals surface area contributed by atoms with Gasteiger partial charge in [0.2, 0.25) is 10.0 Å². The summed E-state index contributed by atoms with van der Waals surface area (Å²) in [6, 6.07) is 5.46. The first-order valence-corrected chi connectivity index (χ1v) is 7.22. The summed E-state index contributed by atoms with van der Waals surface area (Å²) in [5.41, 5.74) is 0.939. The average Bonchev–Trinajstić information content (AvgIpc) is 2.34. The molecule has 1 aromatic rings. The highest BCUT2D eigenvalue weighted by Gasteiger charge is 2.16. The summed E-state index contributed by atoms with van der Waals surface area (Å²) < 4.78 is 32.6. The molecule has 0 radical (unpaired) electrons. The van der Waals surface area contributed by atoms with Gasteiger partial charge in [-0.3, -0.25) is 0 Å². The van der Waals surface area contributed by atoms with Crippen molar-refractivity contribution in [3.8, 4) is 11.5 Å². The Hall–Kier alpha value is -1.27. The molecule has 1 atom stereocenters. The van der Waals surface area contributed by atoms with E-state index >= 15 is 0 Å². The molecule has 102 valence electrons. The molecule has 0 amide bonds. The van der Waals surface area contributed by atoms with Crippen LogP contribution in [0.5, 0.6) is 11.5 Å². The van der Waals surface area contributed by atoms with E-state index in [0.29, 0.717) is 24.3 Å². The van der Waals surface area contributed by atoms with Crippen molar-refractivity contribution in [3.63, 3.8) is 0 Å². The molecule has 0 fully saturated rings. The van der Waals surface area contributed by atoms with Crippen molar-refractivity contribution in [1.82, 2.24) is 0 Å². The highest BCUT2D eigenvalue weighted by atomic mass is 32.2. The molecular formula is C12H19NO4S. The lowest BCUT2D eigenvalue weighted by Crippen LogP contribution is -2.26. The summed E-state index contributed by atoms with van der Waals surface area (Å²) >= 11 is 0. The van der Waals surface area contributed by atoms with Gasteiger partial charge >= 0.3 is 0 Å². The Labute approximate surface area is 108 Å². The van der Waals surface area contributed by atoms with Crippen LogP contribution < -0.4 is 14.6 Å². The Bertz CT molecular complexity index is 499. The van der Waals surface area contributed by atoms with E-state index in [-0.39, 0.29) is 0 Å². The summed E-state index contributed by atoms with van der Waals surface area (Å²) in [5.74, 6) is 1.39. The Balaban J connectivity index is 2.79. The third-order valence-electron chi connectivity index (χ3n) is 2.88. The van der Waals surface area contributed by atoms with Crippen molar-refractivity contribution < 1.29 is 17.9 Å². The lowest BCUT2D eigenvalue weighted by atomic mass is 10.1. The van der Waals surface area contributed by atoms with Crippen molar-refractivity contribution in [3.05, 3.63) is 23.8 Å². The molecule has 0 bridgehead atoms. The minimum absolute atomic E-state index is 0.460. The summed E-state index contributed by atoms with van der Waals surface area (Å²) in [6.45, 7) is 1.60. The molecule has 5 nitrogen and oxygen atoms in total. The lowest BCUT2D eigenvalue weighted by Gasteiger charge is -2.12. The van der Waals surface area contributed by atoms with Crippen molar-refractivity contribution >= 4 is 10.0 Å². The average molecular weight is 273 g/mol. The SMILES string of the molecule is COc1ccc(CCC(C)S(N)(=O)=O)c(OC)c1. The molecule has 1 aromatic carbocycles. The first-order valence-electron chi connectivity index (χ1n) is 5.61. The zero-order chi connectivity index (χ0) is 13.8. The van der Waals surface area contributed by atoms with Crippen LogP contribution in [0.3, 0.4) is 0 Å². The maximum atomic E-state index is 11.1. The zero-order valence-corrected chi connectivity index (χ0v) is 11.7.